The minimum Gasteiger partial charge on any atom is -0.469 e. The lowest BCUT2D eigenvalue weighted by Gasteiger charge is -2.42. The molecule has 2 aromatic rings. The van der Waals surface area contributed by atoms with Gasteiger partial charge < -0.3 is 24.1 Å². The average Bonchev–Trinajstić information content (AvgIpc) is 3.37. The maximum Gasteiger partial charge on any atom is 0.410 e. The zero-order valence-electron chi connectivity index (χ0n) is 40.1. The molecular weight excluding hydrogens is 1120 g/mol. The van der Waals surface area contributed by atoms with Crippen LogP contribution in [0.4, 0.5) is 70.2 Å². The number of Topliss-reactive ketones (excluding diaryl/α,β-unsaturated/α-hetero) is 1. The van der Waals surface area contributed by atoms with Crippen LogP contribution < -0.4 is 34.1 Å². The number of nitrogens with zero attached hydrogens (tertiary/aromatic N) is 6. The summed E-state index contributed by atoms with van der Waals surface area (Å²) in [6.45, 7) is -10.9. The number of carbonyl (C=O) groups is 5. The molecule has 0 aromatic carbocycles. The van der Waals surface area contributed by atoms with Crippen molar-refractivity contribution in [3.8, 4) is 0 Å². The van der Waals surface area contributed by atoms with Crippen molar-refractivity contribution >= 4 is 29.7 Å². The van der Waals surface area contributed by atoms with E-state index in [2.05, 4.69) is 14.2 Å². The van der Waals surface area contributed by atoms with Crippen LogP contribution in [0, 0.1) is 5.92 Å². The molecule has 1 aliphatic carbocycles. The Labute approximate surface area is 422 Å². The van der Waals surface area contributed by atoms with Crippen molar-refractivity contribution in [3.63, 3.8) is 0 Å². The summed E-state index contributed by atoms with van der Waals surface area (Å²) in [5.74, 6) is -78.2. The quantitative estimate of drug-likeness (QED) is 0.0720. The van der Waals surface area contributed by atoms with Gasteiger partial charge in [-0.2, -0.15) is 70.2 Å². The summed E-state index contributed by atoms with van der Waals surface area (Å²) in [6.07, 6.45) is 3.44. The van der Waals surface area contributed by atoms with Gasteiger partial charge in [-0.25, -0.2) is 65.8 Å². The molecule has 0 saturated heterocycles. The minimum absolute atomic E-state index is 0.0556. The minimum atomic E-state index is -9.01. The van der Waals surface area contributed by atoms with Crippen molar-refractivity contribution in [1.82, 2.24) is 27.4 Å². The van der Waals surface area contributed by atoms with Gasteiger partial charge in [-0.3, -0.25) is 14.4 Å². The topological polar surface area (TPSA) is 274 Å². The fraction of sp³-hybridized carbons (Fsp3) is 0.725. The van der Waals surface area contributed by atoms with E-state index in [0.717, 1.165) is 39.2 Å². The van der Waals surface area contributed by atoms with Crippen LogP contribution in [0.15, 0.2) is 28.8 Å². The van der Waals surface area contributed by atoms with Gasteiger partial charge in [-0.15, -0.1) is 0 Å². The first-order valence-electron chi connectivity index (χ1n) is 22.3. The third-order valence-electron chi connectivity index (χ3n) is 11.9. The Hall–Kier alpha value is -6.79. The van der Waals surface area contributed by atoms with Crippen LogP contribution in [-0.2, 0) is 82.2 Å². The zero-order valence-corrected chi connectivity index (χ0v) is 40.1. The largest absolute Gasteiger partial charge is 0.469 e. The van der Waals surface area contributed by atoms with Crippen molar-refractivity contribution in [2.75, 3.05) is 34.0 Å². The van der Waals surface area contributed by atoms with E-state index in [9.17, 15) is 128 Å². The number of aliphatic hydroxyl groups is 1. The van der Waals surface area contributed by atoms with Crippen LogP contribution in [-0.4, -0.2) is 144 Å². The summed E-state index contributed by atoms with van der Waals surface area (Å²) in [5.41, 5.74) is -9.60. The first kappa shape index (κ1) is 65.5. The number of hydrogen-bond donors (Lipinski definition) is 1. The predicted molar refractivity (Wildman–Crippen MR) is 221 cm³/mol. The normalized spacial score (nSPS) is 14.5. The monoisotopic (exact) mass is 1170 g/mol. The van der Waals surface area contributed by atoms with E-state index in [1.165, 1.54) is 0 Å². The summed E-state index contributed by atoms with van der Waals surface area (Å²) in [4.78, 5) is 139. The number of esters is 4. The number of ether oxygens (including phenoxy) is 4. The second-order valence-electron chi connectivity index (χ2n) is 16.9. The number of aromatic nitrogens is 6. The van der Waals surface area contributed by atoms with Gasteiger partial charge >= 0.3 is 105 Å². The third kappa shape index (κ3) is 12.2. The Bertz CT molecular complexity index is 2940. The van der Waals surface area contributed by atoms with E-state index in [-0.39, 0.29) is 33.1 Å². The number of alkyl halides is 16. The molecule has 0 atom stereocenters. The van der Waals surface area contributed by atoms with E-state index in [0.29, 0.717) is 20.1 Å². The molecule has 1 saturated carbocycles. The summed E-state index contributed by atoms with van der Waals surface area (Å²) in [6, 6.07) is 0. The second-order valence-corrected chi connectivity index (χ2v) is 16.9. The lowest BCUT2D eigenvalue weighted by molar-refractivity contribution is -0.449. The maximum atomic E-state index is 14.6. The van der Waals surface area contributed by atoms with Crippen LogP contribution >= 0.6 is 0 Å². The Kier molecular flexibility index (Phi) is 20.6. The van der Waals surface area contributed by atoms with Gasteiger partial charge in [-0.1, -0.05) is 32.1 Å². The number of methoxy groups -OCH3 is 2. The van der Waals surface area contributed by atoms with Gasteiger partial charge in [0.15, 0.2) is 5.78 Å². The number of hydrogen-bond acceptors (Lipinski definition) is 16. The number of carbonyl (C=O) groups excluding carboxylic acids is 5. The van der Waals surface area contributed by atoms with Gasteiger partial charge in [0.05, 0.1) is 59.8 Å². The highest BCUT2D eigenvalue weighted by Crippen LogP contribution is 2.64. The molecule has 2 heterocycles. The Balaban J connectivity index is 1.85. The first-order valence-corrected chi connectivity index (χ1v) is 22.3. The lowest BCUT2D eigenvalue weighted by Crippen LogP contribution is -2.75. The molecule has 38 heteroatoms. The number of halogens is 16. The van der Waals surface area contributed by atoms with Crippen molar-refractivity contribution in [2.24, 2.45) is 5.92 Å². The van der Waals surface area contributed by atoms with Crippen LogP contribution in [0.1, 0.15) is 57.8 Å². The van der Waals surface area contributed by atoms with Crippen LogP contribution in [0.2, 0.25) is 0 Å². The van der Waals surface area contributed by atoms with E-state index >= 15 is 0 Å². The highest BCUT2D eigenvalue weighted by molar-refractivity contribution is 5.80. The Morgan fingerprint density at radius 1 is 0.449 bits per heavy atom. The van der Waals surface area contributed by atoms with Crippen LogP contribution in [0.3, 0.4) is 0 Å². The van der Waals surface area contributed by atoms with Crippen molar-refractivity contribution in [3.05, 3.63) is 62.9 Å². The number of rotatable bonds is 28. The molecule has 1 fully saturated rings. The molecule has 1 aliphatic rings. The third-order valence-corrected chi connectivity index (χ3v) is 11.9. The van der Waals surface area contributed by atoms with Crippen LogP contribution in [0.25, 0.3) is 0 Å². The average molecular weight is 1170 g/mol. The molecule has 2 aromatic heterocycles. The van der Waals surface area contributed by atoms with Crippen LogP contribution in [0.5, 0.6) is 0 Å². The first-order chi connectivity index (χ1) is 35.7. The van der Waals surface area contributed by atoms with E-state index in [1.807, 2.05) is 0 Å². The summed E-state index contributed by atoms with van der Waals surface area (Å²) < 4.78 is 244. The van der Waals surface area contributed by atoms with Crippen molar-refractivity contribution in [1.29, 1.82) is 0 Å². The maximum absolute atomic E-state index is 14.6. The molecule has 0 amide bonds. The fourth-order valence-corrected chi connectivity index (χ4v) is 7.37. The SMILES string of the molecule is COC(=O)CCn1c(=O)n(CCC(=O)OCCn2c(=O)n(CCO)c(=O)n(CCOC(=O)C(F)(F)C(F)(F)C(F)(F)C(F)(F)C(F)(F)C(F)(F)C(F)(F)C(F)(F)C(=O)OC)c2=O)c(=O)n(CC(=O)CCC2CCCCC2)c1=O. The van der Waals surface area contributed by atoms with Gasteiger partial charge in [0.25, 0.3) is 0 Å². The molecule has 0 aliphatic heterocycles. The predicted octanol–water partition coefficient (Wildman–Crippen LogP) is 1.57. The van der Waals surface area contributed by atoms with Crippen molar-refractivity contribution < 1.29 is 118 Å². The number of aliphatic hydroxyl groups excluding tert-OH is 1. The standard InChI is InChI=1S/C40H44F16N6O16/c1-75-23(65)10-12-57-27(69)58(32(74)62(31(57)73)20-22(64)9-8-21-6-4-3-5-7-21)13-11-24(66)77-18-15-60-28(70)59(14-17-63)29(71)61(30(60)72)16-19-78-26(68)34(43,44)36(47,48)38(51,52)40(55,56)39(53,54)37(49,50)35(45,46)33(41,42)25(67)76-2/h21,63H,3-20H2,1-2H3. The Morgan fingerprint density at radius 3 is 1.22 bits per heavy atom. The molecule has 0 unspecified atom stereocenters. The van der Waals surface area contributed by atoms with Crippen molar-refractivity contribution in [2.45, 2.75) is 144 Å². The van der Waals surface area contributed by atoms with E-state index < -0.39 is 183 Å². The highest BCUT2D eigenvalue weighted by atomic mass is 19.4. The van der Waals surface area contributed by atoms with Gasteiger partial charge in [-0.05, 0) is 12.3 Å². The van der Waals surface area contributed by atoms with Gasteiger partial charge in [0.2, 0.25) is 0 Å². The molecular formula is C40H44F16N6O16. The second kappa shape index (κ2) is 24.5. The summed E-state index contributed by atoms with van der Waals surface area (Å²) in [5, 5.41) is 9.35. The summed E-state index contributed by atoms with van der Waals surface area (Å²) in [7, 11) is 0.670. The lowest BCUT2D eigenvalue weighted by atomic mass is 9.85. The molecule has 1 N–H and O–H groups in total. The molecule has 22 nitrogen and oxygen atoms in total. The Morgan fingerprint density at radius 2 is 0.808 bits per heavy atom. The van der Waals surface area contributed by atoms with Gasteiger partial charge in [0, 0.05) is 19.5 Å². The molecule has 78 heavy (non-hydrogen) atoms. The number of ketones is 1. The molecule has 442 valence electrons. The smallest absolute Gasteiger partial charge is 0.410 e. The van der Waals surface area contributed by atoms with E-state index in [1.54, 1.807) is 0 Å². The molecule has 0 spiro atoms. The highest BCUT2D eigenvalue weighted by Gasteiger charge is 2.96. The fourth-order valence-electron chi connectivity index (χ4n) is 7.37. The van der Waals surface area contributed by atoms with E-state index in [4.69, 9.17) is 4.74 Å². The summed E-state index contributed by atoms with van der Waals surface area (Å²) >= 11 is 0. The molecule has 3 rings (SSSR count). The molecule has 0 radical (unpaired) electrons. The zero-order chi connectivity index (χ0) is 59.9. The van der Waals surface area contributed by atoms with Gasteiger partial charge in [0.1, 0.15) is 13.2 Å². The molecule has 0 bridgehead atoms.